The van der Waals surface area contributed by atoms with E-state index in [0.717, 1.165) is 11.1 Å². The van der Waals surface area contributed by atoms with E-state index in [2.05, 4.69) is 5.16 Å². The summed E-state index contributed by atoms with van der Waals surface area (Å²) in [6.07, 6.45) is 3.85. The van der Waals surface area contributed by atoms with Crippen LogP contribution < -0.4 is 4.57 Å². The predicted octanol–water partition coefficient (Wildman–Crippen LogP) is 1.74. The van der Waals surface area contributed by atoms with Crippen molar-refractivity contribution in [3.63, 3.8) is 0 Å². The molecule has 0 atom stereocenters. The molecule has 1 aromatic heterocycles. The number of aromatic nitrogens is 1. The fraction of sp³-hybridized carbons (Fsp3) is 0.0769. The monoisotopic (exact) mass is 213 g/mol. The maximum Gasteiger partial charge on any atom is 0.178 e. The Kier molecular flexibility index (Phi) is 2.96. The summed E-state index contributed by atoms with van der Waals surface area (Å²) in [6.45, 7) is 0. The average Bonchev–Trinajstić information content (AvgIpc) is 2.31. The molecule has 2 aromatic rings. The van der Waals surface area contributed by atoms with E-state index < -0.39 is 0 Å². The second-order valence-corrected chi connectivity index (χ2v) is 3.57. The van der Waals surface area contributed by atoms with Crippen molar-refractivity contribution in [1.82, 2.24) is 0 Å². The molecule has 0 saturated carbocycles. The first kappa shape index (κ1) is 10.4. The molecule has 0 saturated heterocycles. The van der Waals surface area contributed by atoms with Gasteiger partial charge >= 0.3 is 0 Å². The van der Waals surface area contributed by atoms with E-state index in [1.165, 1.54) is 0 Å². The molecule has 3 heteroatoms. The highest BCUT2D eigenvalue weighted by Gasteiger charge is 2.09. The third-order valence-corrected chi connectivity index (χ3v) is 2.36. The van der Waals surface area contributed by atoms with Gasteiger partial charge in [-0.15, -0.1) is 0 Å². The Morgan fingerprint density at radius 1 is 1.06 bits per heavy atom. The van der Waals surface area contributed by atoms with Gasteiger partial charge in [-0.2, -0.15) is 0 Å². The molecule has 0 aliphatic carbocycles. The Bertz CT molecular complexity index is 506. The van der Waals surface area contributed by atoms with Crippen LogP contribution in [0.25, 0.3) is 0 Å². The SMILES string of the molecule is C[n+]1cccc(/C(=N/O)c2ccccc2)c1. The van der Waals surface area contributed by atoms with Gasteiger partial charge in [-0.25, -0.2) is 4.57 Å². The van der Waals surface area contributed by atoms with Gasteiger partial charge in [0.1, 0.15) is 12.8 Å². The summed E-state index contributed by atoms with van der Waals surface area (Å²) in [7, 11) is 1.93. The van der Waals surface area contributed by atoms with Gasteiger partial charge in [-0.1, -0.05) is 35.5 Å². The Hall–Kier alpha value is -2.16. The fourth-order valence-electron chi connectivity index (χ4n) is 1.61. The molecule has 1 heterocycles. The van der Waals surface area contributed by atoms with E-state index in [1.807, 2.05) is 66.5 Å². The van der Waals surface area contributed by atoms with Crippen molar-refractivity contribution < 1.29 is 9.77 Å². The summed E-state index contributed by atoms with van der Waals surface area (Å²) in [5.74, 6) is 0. The summed E-state index contributed by atoms with van der Waals surface area (Å²) < 4.78 is 1.92. The van der Waals surface area contributed by atoms with Crippen LogP contribution in [-0.4, -0.2) is 10.9 Å². The third kappa shape index (κ3) is 2.08. The lowest BCUT2D eigenvalue weighted by molar-refractivity contribution is -0.671. The second-order valence-electron chi connectivity index (χ2n) is 3.57. The Balaban J connectivity index is 2.46. The number of benzene rings is 1. The lowest BCUT2D eigenvalue weighted by Gasteiger charge is -2.02. The minimum Gasteiger partial charge on any atom is -0.410 e. The largest absolute Gasteiger partial charge is 0.410 e. The number of oxime groups is 1. The Morgan fingerprint density at radius 2 is 1.75 bits per heavy atom. The third-order valence-electron chi connectivity index (χ3n) is 2.36. The molecule has 0 aliphatic rings. The summed E-state index contributed by atoms with van der Waals surface area (Å²) in [5.41, 5.74) is 2.37. The van der Waals surface area contributed by atoms with Crippen LogP contribution in [0.15, 0.2) is 60.0 Å². The molecule has 0 aliphatic heterocycles. The quantitative estimate of drug-likeness (QED) is 0.351. The van der Waals surface area contributed by atoms with Crippen molar-refractivity contribution in [2.75, 3.05) is 0 Å². The van der Waals surface area contributed by atoms with Crippen LogP contribution in [0.2, 0.25) is 0 Å². The van der Waals surface area contributed by atoms with Crippen LogP contribution >= 0.6 is 0 Å². The van der Waals surface area contributed by atoms with E-state index in [9.17, 15) is 0 Å². The zero-order chi connectivity index (χ0) is 11.4. The topological polar surface area (TPSA) is 36.5 Å². The van der Waals surface area contributed by atoms with Gasteiger partial charge < -0.3 is 5.21 Å². The van der Waals surface area contributed by atoms with Gasteiger partial charge in [-0.05, 0) is 6.07 Å². The first-order chi connectivity index (χ1) is 7.81. The van der Waals surface area contributed by atoms with Gasteiger partial charge in [0.2, 0.25) is 0 Å². The van der Waals surface area contributed by atoms with E-state index >= 15 is 0 Å². The van der Waals surface area contributed by atoms with Crippen LogP contribution in [-0.2, 0) is 7.05 Å². The van der Waals surface area contributed by atoms with Crippen molar-refractivity contribution in [1.29, 1.82) is 0 Å². The van der Waals surface area contributed by atoms with Gasteiger partial charge in [-0.3, -0.25) is 0 Å². The number of hydrogen-bond acceptors (Lipinski definition) is 2. The minimum atomic E-state index is 0.580. The minimum absolute atomic E-state index is 0.580. The van der Waals surface area contributed by atoms with Gasteiger partial charge in [0.15, 0.2) is 12.4 Å². The number of aryl methyl sites for hydroxylation is 1. The molecule has 0 unspecified atom stereocenters. The van der Waals surface area contributed by atoms with Gasteiger partial charge in [0.25, 0.3) is 0 Å². The van der Waals surface area contributed by atoms with Crippen molar-refractivity contribution in [3.8, 4) is 0 Å². The summed E-state index contributed by atoms with van der Waals surface area (Å²) in [6, 6.07) is 13.5. The molecule has 2 rings (SSSR count). The summed E-state index contributed by atoms with van der Waals surface area (Å²) in [5, 5.41) is 12.5. The molecule has 0 fully saturated rings. The summed E-state index contributed by atoms with van der Waals surface area (Å²) in [4.78, 5) is 0. The molecular formula is C13H13N2O+. The zero-order valence-corrected chi connectivity index (χ0v) is 9.04. The molecule has 0 bridgehead atoms. The Morgan fingerprint density at radius 3 is 2.38 bits per heavy atom. The average molecular weight is 213 g/mol. The highest BCUT2D eigenvalue weighted by atomic mass is 16.4. The maximum atomic E-state index is 9.10. The van der Waals surface area contributed by atoms with E-state index in [4.69, 9.17) is 5.21 Å². The van der Waals surface area contributed by atoms with Crippen LogP contribution in [0.1, 0.15) is 11.1 Å². The highest BCUT2D eigenvalue weighted by molar-refractivity contribution is 6.12. The molecule has 3 nitrogen and oxygen atoms in total. The van der Waals surface area contributed by atoms with Crippen molar-refractivity contribution in [2.24, 2.45) is 12.2 Å². The molecule has 0 amide bonds. The maximum absolute atomic E-state index is 9.10. The van der Waals surface area contributed by atoms with Crippen molar-refractivity contribution in [2.45, 2.75) is 0 Å². The first-order valence-corrected chi connectivity index (χ1v) is 5.04. The number of pyridine rings is 1. The number of rotatable bonds is 2. The Labute approximate surface area is 94.3 Å². The van der Waals surface area contributed by atoms with E-state index in [-0.39, 0.29) is 0 Å². The lowest BCUT2D eigenvalue weighted by Crippen LogP contribution is -2.28. The molecule has 1 aromatic carbocycles. The smallest absolute Gasteiger partial charge is 0.178 e. The molecule has 80 valence electrons. The summed E-state index contributed by atoms with van der Waals surface area (Å²) >= 11 is 0. The molecule has 0 spiro atoms. The second kappa shape index (κ2) is 4.57. The van der Waals surface area contributed by atoms with E-state index in [1.54, 1.807) is 0 Å². The van der Waals surface area contributed by atoms with Gasteiger partial charge in [0.05, 0.1) is 5.56 Å². The van der Waals surface area contributed by atoms with Gasteiger partial charge in [0, 0.05) is 11.6 Å². The van der Waals surface area contributed by atoms with Crippen molar-refractivity contribution in [3.05, 3.63) is 66.0 Å². The normalized spacial score (nSPS) is 11.4. The lowest BCUT2D eigenvalue weighted by atomic mass is 10.0. The van der Waals surface area contributed by atoms with Crippen LogP contribution in [0, 0.1) is 0 Å². The zero-order valence-electron chi connectivity index (χ0n) is 9.04. The van der Waals surface area contributed by atoms with Crippen LogP contribution in [0.5, 0.6) is 0 Å². The molecular weight excluding hydrogens is 200 g/mol. The predicted molar refractivity (Wildman–Crippen MR) is 61.5 cm³/mol. The first-order valence-electron chi connectivity index (χ1n) is 5.04. The number of hydrogen-bond donors (Lipinski definition) is 1. The molecule has 0 radical (unpaired) electrons. The molecule has 16 heavy (non-hydrogen) atoms. The molecule has 1 N–H and O–H groups in total. The highest BCUT2D eigenvalue weighted by Crippen LogP contribution is 2.08. The van der Waals surface area contributed by atoms with Crippen LogP contribution in [0.4, 0.5) is 0 Å². The standard InChI is InChI=1S/C13H12N2O/c1-15-9-5-8-12(10-15)13(14-16)11-6-3-2-4-7-11/h2-10H,1H3/p+1/b14-13+. The number of nitrogens with zero attached hydrogens (tertiary/aromatic N) is 2. The van der Waals surface area contributed by atoms with E-state index in [0.29, 0.717) is 5.71 Å². The van der Waals surface area contributed by atoms with Crippen LogP contribution in [0.3, 0.4) is 0 Å². The fourth-order valence-corrected chi connectivity index (χ4v) is 1.61. The van der Waals surface area contributed by atoms with Crippen molar-refractivity contribution >= 4 is 5.71 Å².